The minimum absolute atomic E-state index is 0.0308. The summed E-state index contributed by atoms with van der Waals surface area (Å²) in [5.74, 6) is -1.10. The molecule has 0 radical (unpaired) electrons. The van der Waals surface area contributed by atoms with E-state index in [0.29, 0.717) is 14.3 Å². The number of alkyl carbamates (subject to hydrolysis) is 2. The number of hydrogen-bond acceptors (Lipinski definition) is 6. The Labute approximate surface area is 253 Å². The van der Waals surface area contributed by atoms with Crippen molar-refractivity contribution in [2.24, 2.45) is 0 Å². The first-order valence-electron chi connectivity index (χ1n) is 12.6. The average Bonchev–Trinajstić information content (AvgIpc) is 2.84. The third-order valence-electron chi connectivity index (χ3n) is 4.96. The van der Waals surface area contributed by atoms with Crippen molar-refractivity contribution in [2.75, 3.05) is 18.0 Å². The Kier molecular flexibility index (Phi) is 12.0. The minimum atomic E-state index is -1.31. The summed E-state index contributed by atoms with van der Waals surface area (Å²) in [7, 11) is 0. The molecule has 0 aromatic heterocycles. The van der Waals surface area contributed by atoms with Crippen molar-refractivity contribution < 1.29 is 28.7 Å². The largest absolute Gasteiger partial charge is 0.445 e. The Balaban J connectivity index is 2.35. The van der Waals surface area contributed by atoms with Gasteiger partial charge in [0, 0.05) is 5.54 Å². The molecule has 0 heterocycles. The van der Waals surface area contributed by atoms with Crippen LogP contribution < -0.4 is 20.9 Å². The Morgan fingerprint density at radius 2 is 1.60 bits per heavy atom. The van der Waals surface area contributed by atoms with Crippen LogP contribution in [0.25, 0.3) is 0 Å². The first-order valence-corrected chi connectivity index (χ1v) is 14.0. The Morgan fingerprint density at radius 1 is 0.950 bits per heavy atom. The quantitative estimate of drug-likeness (QED) is 0.319. The van der Waals surface area contributed by atoms with E-state index in [0.717, 1.165) is 5.56 Å². The van der Waals surface area contributed by atoms with Crippen molar-refractivity contribution >= 4 is 63.9 Å². The van der Waals surface area contributed by atoms with Gasteiger partial charge in [-0.25, -0.2) is 9.59 Å². The highest BCUT2D eigenvalue weighted by Crippen LogP contribution is 2.29. The van der Waals surface area contributed by atoms with Crippen molar-refractivity contribution in [1.82, 2.24) is 16.0 Å². The number of anilines is 1. The van der Waals surface area contributed by atoms with Gasteiger partial charge in [-0.05, 0) is 81.8 Å². The van der Waals surface area contributed by atoms with Crippen molar-refractivity contribution in [3.63, 3.8) is 0 Å². The first-order chi connectivity index (χ1) is 18.6. The summed E-state index contributed by atoms with van der Waals surface area (Å²) in [4.78, 5) is 53.2. The van der Waals surface area contributed by atoms with Gasteiger partial charge in [0.2, 0.25) is 5.91 Å². The monoisotopic (exact) mass is 686 g/mol. The maximum atomic E-state index is 14.0. The molecule has 40 heavy (non-hydrogen) atoms. The van der Waals surface area contributed by atoms with Gasteiger partial charge in [-0.2, -0.15) is 0 Å². The summed E-state index contributed by atoms with van der Waals surface area (Å²) in [5, 5.41) is 8.25. The normalized spacial score (nSPS) is 12.1. The number of rotatable bonds is 9. The van der Waals surface area contributed by atoms with E-state index in [2.05, 4.69) is 16.0 Å². The van der Waals surface area contributed by atoms with E-state index in [4.69, 9.17) is 21.1 Å². The number of amides is 4. The third-order valence-corrected chi connectivity index (χ3v) is 6.72. The molecule has 0 fully saturated rings. The molecule has 4 amide bonds. The molecule has 10 nitrogen and oxygen atoms in total. The van der Waals surface area contributed by atoms with Gasteiger partial charge in [0.15, 0.2) is 0 Å². The number of carbonyl (C=O) groups excluding carboxylic acids is 4. The van der Waals surface area contributed by atoms with Crippen molar-refractivity contribution in [3.8, 4) is 0 Å². The Hall–Kier alpha value is -3.06. The van der Waals surface area contributed by atoms with Gasteiger partial charge in [-0.1, -0.05) is 48.0 Å². The van der Waals surface area contributed by atoms with Crippen LogP contribution in [0.1, 0.15) is 47.1 Å². The van der Waals surface area contributed by atoms with Crippen molar-refractivity contribution in [2.45, 2.75) is 65.3 Å². The van der Waals surface area contributed by atoms with Crippen LogP contribution in [0.3, 0.4) is 0 Å². The summed E-state index contributed by atoms with van der Waals surface area (Å²) in [6.45, 7) is 9.82. The number of benzene rings is 2. The summed E-state index contributed by atoms with van der Waals surface area (Å²) in [5.41, 5.74) is -0.213. The molecular weight excluding hydrogens is 651 g/mol. The van der Waals surface area contributed by atoms with Gasteiger partial charge in [0.1, 0.15) is 24.8 Å². The number of ether oxygens (including phenoxy) is 2. The second-order valence-electron chi connectivity index (χ2n) is 10.9. The number of nitrogens with zero attached hydrogens (tertiary/aromatic N) is 1. The van der Waals surface area contributed by atoms with E-state index in [1.165, 1.54) is 4.90 Å². The maximum absolute atomic E-state index is 14.0. The molecule has 12 heteroatoms. The van der Waals surface area contributed by atoms with Crippen LogP contribution in [0, 0.1) is 3.57 Å². The molecular formula is C28H36ClIN4O6. The zero-order valence-corrected chi connectivity index (χ0v) is 26.4. The highest BCUT2D eigenvalue weighted by molar-refractivity contribution is 14.1. The third kappa shape index (κ3) is 11.6. The fraction of sp³-hybridized carbons (Fsp3) is 0.429. The van der Waals surface area contributed by atoms with Crippen molar-refractivity contribution in [1.29, 1.82) is 0 Å². The standard InChI is InChI=1S/C28H36ClIN4O6/c1-27(2,3)33-22(35)16-34(21-14-10-13-19(29)23(21)30)24(36)20(15-31-25(37)40-28(4,5)6)32-26(38)39-17-18-11-8-7-9-12-18/h7-14,20H,15-17H2,1-6H3,(H,31,37)(H,32,38)(H,33,35)/t20-/m0/s1. The molecule has 0 unspecified atom stereocenters. The van der Waals surface area contributed by atoms with E-state index >= 15 is 0 Å². The zero-order valence-electron chi connectivity index (χ0n) is 23.5. The summed E-state index contributed by atoms with van der Waals surface area (Å²) < 4.78 is 11.1. The number of hydrogen-bond donors (Lipinski definition) is 3. The fourth-order valence-corrected chi connectivity index (χ4v) is 4.20. The zero-order chi connectivity index (χ0) is 30.1. The van der Waals surface area contributed by atoms with Gasteiger partial charge >= 0.3 is 12.2 Å². The second kappa shape index (κ2) is 14.5. The molecule has 0 spiro atoms. The van der Waals surface area contributed by atoms with Gasteiger partial charge in [0.25, 0.3) is 5.91 Å². The SMILES string of the molecule is CC(C)(C)NC(=O)CN(C(=O)[C@H](CNC(=O)OC(C)(C)C)NC(=O)OCc1ccccc1)c1cccc(Cl)c1I. The molecule has 2 rings (SSSR count). The lowest BCUT2D eigenvalue weighted by Crippen LogP contribution is -2.56. The number of halogens is 2. The smallest absolute Gasteiger partial charge is 0.408 e. The molecule has 3 N–H and O–H groups in total. The number of nitrogens with one attached hydrogen (secondary N) is 3. The minimum Gasteiger partial charge on any atom is -0.445 e. The van der Waals surface area contributed by atoms with Crippen LogP contribution in [0.4, 0.5) is 15.3 Å². The van der Waals surface area contributed by atoms with E-state index in [1.807, 2.05) is 49.4 Å². The summed E-state index contributed by atoms with van der Waals surface area (Å²) in [6, 6.07) is 12.7. The van der Waals surface area contributed by atoms with E-state index in [1.54, 1.807) is 63.2 Å². The molecule has 2 aromatic rings. The molecule has 0 saturated carbocycles. The molecule has 1 atom stereocenters. The summed E-state index contributed by atoms with van der Waals surface area (Å²) in [6.07, 6.45) is -1.66. The van der Waals surface area contributed by atoms with Crippen LogP contribution >= 0.6 is 34.2 Å². The van der Waals surface area contributed by atoms with E-state index in [9.17, 15) is 19.2 Å². The van der Waals surface area contributed by atoms with Crippen LogP contribution in [-0.2, 0) is 25.7 Å². The molecule has 0 aliphatic rings. The van der Waals surface area contributed by atoms with Crippen LogP contribution in [0.5, 0.6) is 0 Å². The highest BCUT2D eigenvalue weighted by atomic mass is 127. The Bertz CT molecular complexity index is 1200. The predicted molar refractivity (Wildman–Crippen MR) is 162 cm³/mol. The van der Waals surface area contributed by atoms with E-state index < -0.39 is 41.2 Å². The van der Waals surface area contributed by atoms with Gasteiger partial charge < -0.3 is 30.3 Å². The number of carbonyl (C=O) groups is 4. The first kappa shape index (κ1) is 33.1. The molecule has 2 aromatic carbocycles. The van der Waals surface area contributed by atoms with Gasteiger partial charge in [-0.3, -0.25) is 9.59 Å². The van der Waals surface area contributed by atoms with Crippen LogP contribution in [0.15, 0.2) is 48.5 Å². The molecule has 0 saturated heterocycles. The topological polar surface area (TPSA) is 126 Å². The van der Waals surface area contributed by atoms with Gasteiger partial charge in [-0.15, -0.1) is 0 Å². The second-order valence-corrected chi connectivity index (χ2v) is 12.4. The maximum Gasteiger partial charge on any atom is 0.408 e. The lowest BCUT2D eigenvalue weighted by atomic mass is 10.1. The molecule has 218 valence electrons. The Morgan fingerprint density at radius 3 is 2.20 bits per heavy atom. The predicted octanol–water partition coefficient (Wildman–Crippen LogP) is 5.01. The van der Waals surface area contributed by atoms with E-state index in [-0.39, 0.29) is 19.7 Å². The lowest BCUT2D eigenvalue weighted by molar-refractivity contribution is -0.125. The van der Waals surface area contributed by atoms with Crippen molar-refractivity contribution in [3.05, 3.63) is 62.7 Å². The fourth-order valence-electron chi connectivity index (χ4n) is 3.38. The molecule has 0 aliphatic carbocycles. The van der Waals surface area contributed by atoms with Crippen LogP contribution in [-0.4, -0.2) is 54.3 Å². The average molecular weight is 687 g/mol. The van der Waals surface area contributed by atoms with Crippen LogP contribution in [0.2, 0.25) is 5.02 Å². The van der Waals surface area contributed by atoms with Gasteiger partial charge in [0.05, 0.1) is 20.8 Å². The lowest BCUT2D eigenvalue weighted by Gasteiger charge is -2.30. The highest BCUT2D eigenvalue weighted by Gasteiger charge is 2.32. The molecule has 0 aliphatic heterocycles. The molecule has 0 bridgehead atoms. The summed E-state index contributed by atoms with van der Waals surface area (Å²) >= 11 is 8.31.